The molecule has 0 saturated heterocycles. The summed E-state index contributed by atoms with van der Waals surface area (Å²) < 4.78 is 5.45. The maximum Gasteiger partial charge on any atom is 0.408 e. The average Bonchev–Trinajstić information content (AvgIpc) is 2.83. The van der Waals surface area contributed by atoms with Gasteiger partial charge in [-0.1, -0.05) is 57.2 Å². The van der Waals surface area contributed by atoms with Gasteiger partial charge >= 0.3 is 6.09 Å². The first-order valence-electron chi connectivity index (χ1n) is 13.9. The van der Waals surface area contributed by atoms with Gasteiger partial charge in [0, 0.05) is 16.8 Å². The summed E-state index contributed by atoms with van der Waals surface area (Å²) in [4.78, 5) is 43.0. The third kappa shape index (κ3) is 7.77. The highest BCUT2D eigenvalue weighted by Crippen LogP contribution is 2.38. The third-order valence-corrected chi connectivity index (χ3v) is 7.16. The van der Waals surface area contributed by atoms with Gasteiger partial charge in [-0.25, -0.2) is 4.79 Å². The first kappa shape index (κ1) is 32.7. The van der Waals surface area contributed by atoms with Gasteiger partial charge in [-0.15, -0.1) is 0 Å². The number of amides is 3. The number of phenolic OH excluding ortho intramolecular Hbond substituents is 1. The average molecular weight is 554 g/mol. The van der Waals surface area contributed by atoms with Crippen LogP contribution in [-0.2, 0) is 14.3 Å². The fourth-order valence-electron chi connectivity index (χ4n) is 4.55. The monoisotopic (exact) mass is 553 g/mol. The van der Waals surface area contributed by atoms with Crippen molar-refractivity contribution >= 4 is 23.6 Å². The van der Waals surface area contributed by atoms with Crippen molar-refractivity contribution < 1.29 is 24.2 Å². The normalized spacial score (nSPS) is 13.4. The van der Waals surface area contributed by atoms with Crippen LogP contribution < -0.4 is 10.6 Å². The summed E-state index contributed by atoms with van der Waals surface area (Å²) >= 11 is 0. The van der Waals surface area contributed by atoms with E-state index in [0.717, 1.165) is 11.1 Å². The van der Waals surface area contributed by atoms with Gasteiger partial charge in [-0.05, 0) is 84.4 Å². The fraction of sp³-hybridized carbons (Fsp3) is 0.531. The van der Waals surface area contributed by atoms with E-state index in [9.17, 15) is 19.5 Å². The van der Waals surface area contributed by atoms with Crippen LogP contribution in [0.4, 0.5) is 10.5 Å². The van der Waals surface area contributed by atoms with E-state index in [1.54, 1.807) is 45.9 Å². The van der Waals surface area contributed by atoms with Crippen LogP contribution in [0.15, 0.2) is 36.4 Å². The lowest BCUT2D eigenvalue weighted by Crippen LogP contribution is -2.60. The molecule has 220 valence electrons. The number of para-hydroxylation sites is 2. The highest BCUT2D eigenvalue weighted by Gasteiger charge is 2.45. The number of phenols is 1. The molecule has 3 N–H and O–H groups in total. The largest absolute Gasteiger partial charge is 0.507 e. The number of hydrogen-bond acceptors (Lipinski definition) is 5. The zero-order valence-electron chi connectivity index (χ0n) is 25.9. The Kier molecular flexibility index (Phi) is 10.4. The minimum Gasteiger partial charge on any atom is -0.507 e. The molecule has 2 atom stereocenters. The SMILES string of the molecule is CCC(C)(C)N(C(=O)C(NC(=O)OC(C)(C)C)C(C)C)C(C(=O)Nc1c(C)cccc1C)c1cccc(C)c1O. The molecule has 40 heavy (non-hydrogen) atoms. The molecule has 0 fully saturated rings. The van der Waals surface area contributed by atoms with E-state index >= 15 is 0 Å². The lowest BCUT2D eigenvalue weighted by Gasteiger charge is -2.45. The number of carbonyl (C=O) groups excluding carboxylic acids is 3. The number of carbonyl (C=O) groups is 3. The summed E-state index contributed by atoms with van der Waals surface area (Å²) in [5.41, 5.74) is 1.70. The number of benzene rings is 2. The number of nitrogens with one attached hydrogen (secondary N) is 2. The van der Waals surface area contributed by atoms with Crippen molar-refractivity contribution in [1.82, 2.24) is 10.2 Å². The molecule has 0 radical (unpaired) electrons. The van der Waals surface area contributed by atoms with Crippen LogP contribution in [0.3, 0.4) is 0 Å². The standard InChI is InChI=1S/C32H47N3O5/c1-12-32(10,11)35(29(38)24(19(2)3)34-30(39)40-31(7,8)9)26(23-18-14-17-22(6)27(23)36)28(37)33-25-20(4)15-13-16-21(25)5/h13-19,24,26,36H,12H2,1-11H3,(H,33,37)(H,34,39). The van der Waals surface area contributed by atoms with Crippen LogP contribution in [0.25, 0.3) is 0 Å². The van der Waals surface area contributed by atoms with Crippen LogP contribution in [0.2, 0.25) is 0 Å². The topological polar surface area (TPSA) is 108 Å². The Hall–Kier alpha value is -3.55. The zero-order valence-corrected chi connectivity index (χ0v) is 25.9. The number of aromatic hydroxyl groups is 1. The molecule has 8 nitrogen and oxygen atoms in total. The smallest absolute Gasteiger partial charge is 0.408 e. The molecule has 0 bridgehead atoms. The molecule has 0 aromatic heterocycles. The van der Waals surface area contributed by atoms with Gasteiger partial charge in [0.2, 0.25) is 5.91 Å². The van der Waals surface area contributed by atoms with Crippen molar-refractivity contribution in [1.29, 1.82) is 0 Å². The fourth-order valence-corrected chi connectivity index (χ4v) is 4.55. The third-order valence-electron chi connectivity index (χ3n) is 7.16. The highest BCUT2D eigenvalue weighted by atomic mass is 16.6. The van der Waals surface area contributed by atoms with Crippen molar-refractivity contribution in [2.45, 2.75) is 106 Å². The zero-order chi connectivity index (χ0) is 30.6. The number of aryl methyl sites for hydroxylation is 3. The molecule has 2 aromatic rings. The maximum absolute atomic E-state index is 14.5. The second-order valence-electron chi connectivity index (χ2n) is 12.4. The predicted molar refractivity (Wildman–Crippen MR) is 159 cm³/mol. The van der Waals surface area contributed by atoms with Crippen molar-refractivity contribution in [2.24, 2.45) is 5.92 Å². The molecule has 3 amide bonds. The molecule has 0 saturated carbocycles. The Morgan fingerprint density at radius 2 is 1.45 bits per heavy atom. The van der Waals surface area contributed by atoms with Crippen molar-refractivity contribution in [3.05, 3.63) is 58.7 Å². The minimum atomic E-state index is -1.19. The molecule has 2 aromatic carbocycles. The van der Waals surface area contributed by atoms with E-state index in [1.165, 1.54) is 4.90 Å². The summed E-state index contributed by atoms with van der Waals surface area (Å²) in [6, 6.07) is 8.71. The maximum atomic E-state index is 14.5. The summed E-state index contributed by atoms with van der Waals surface area (Å²) in [7, 11) is 0. The Labute approximate surface area is 239 Å². The Balaban J connectivity index is 2.74. The van der Waals surface area contributed by atoms with E-state index in [1.807, 2.05) is 66.7 Å². The van der Waals surface area contributed by atoms with Crippen LogP contribution in [0.1, 0.15) is 90.1 Å². The molecule has 0 aliphatic heterocycles. The molecule has 0 aliphatic rings. The number of alkyl carbamates (subject to hydrolysis) is 1. The van der Waals surface area contributed by atoms with Crippen LogP contribution in [0, 0.1) is 26.7 Å². The molecule has 8 heteroatoms. The van der Waals surface area contributed by atoms with E-state index in [2.05, 4.69) is 10.6 Å². The van der Waals surface area contributed by atoms with Gasteiger partial charge in [0.25, 0.3) is 5.91 Å². The predicted octanol–water partition coefficient (Wildman–Crippen LogP) is 6.56. The van der Waals surface area contributed by atoms with Gasteiger partial charge in [0.15, 0.2) is 0 Å². The summed E-state index contributed by atoms with van der Waals surface area (Å²) in [5, 5.41) is 17.0. The second-order valence-corrected chi connectivity index (χ2v) is 12.4. The first-order valence-corrected chi connectivity index (χ1v) is 13.9. The van der Waals surface area contributed by atoms with Crippen molar-refractivity contribution in [3.63, 3.8) is 0 Å². The lowest BCUT2D eigenvalue weighted by atomic mass is 9.89. The molecule has 2 unspecified atom stereocenters. The van der Waals surface area contributed by atoms with Gasteiger partial charge in [-0.3, -0.25) is 9.59 Å². The Bertz CT molecular complexity index is 1210. The number of nitrogens with zero attached hydrogens (tertiary/aromatic N) is 1. The van der Waals surface area contributed by atoms with E-state index in [0.29, 0.717) is 23.2 Å². The lowest BCUT2D eigenvalue weighted by molar-refractivity contribution is -0.148. The van der Waals surface area contributed by atoms with E-state index in [4.69, 9.17) is 4.74 Å². The minimum absolute atomic E-state index is 0.0601. The van der Waals surface area contributed by atoms with Gasteiger partial charge < -0.3 is 25.4 Å². The summed E-state index contributed by atoms with van der Waals surface area (Å²) in [5.74, 6) is -1.29. The van der Waals surface area contributed by atoms with E-state index in [-0.39, 0.29) is 11.7 Å². The molecule has 0 heterocycles. The number of hydrogen-bond donors (Lipinski definition) is 3. The van der Waals surface area contributed by atoms with Crippen LogP contribution in [0.5, 0.6) is 5.75 Å². The quantitative estimate of drug-likeness (QED) is 0.326. The van der Waals surface area contributed by atoms with Crippen LogP contribution in [-0.4, -0.2) is 45.1 Å². The second kappa shape index (κ2) is 12.7. The van der Waals surface area contributed by atoms with Crippen molar-refractivity contribution in [3.8, 4) is 5.75 Å². The number of anilines is 1. The number of rotatable bonds is 9. The molecule has 2 rings (SSSR count). The molecular formula is C32H47N3O5. The summed E-state index contributed by atoms with van der Waals surface area (Å²) in [6.07, 6.45) is -0.209. The Morgan fingerprint density at radius 3 is 1.95 bits per heavy atom. The molecule has 0 aliphatic carbocycles. The first-order chi connectivity index (χ1) is 18.4. The van der Waals surface area contributed by atoms with Gasteiger partial charge in [0.1, 0.15) is 23.4 Å². The number of ether oxygens (including phenoxy) is 1. The van der Waals surface area contributed by atoms with E-state index < -0.39 is 41.1 Å². The molecule has 0 spiro atoms. The van der Waals surface area contributed by atoms with Gasteiger partial charge in [0.05, 0.1) is 0 Å². The van der Waals surface area contributed by atoms with Gasteiger partial charge in [-0.2, -0.15) is 0 Å². The van der Waals surface area contributed by atoms with Crippen LogP contribution >= 0.6 is 0 Å². The molecular weight excluding hydrogens is 506 g/mol. The Morgan fingerprint density at radius 1 is 0.925 bits per heavy atom. The van der Waals surface area contributed by atoms with Crippen molar-refractivity contribution in [2.75, 3.05) is 5.32 Å². The highest BCUT2D eigenvalue weighted by molar-refractivity contribution is 6.00. The summed E-state index contributed by atoms with van der Waals surface area (Å²) in [6.45, 7) is 20.1.